The van der Waals surface area contributed by atoms with E-state index < -0.39 is 11.8 Å². The maximum absolute atomic E-state index is 12.4. The van der Waals surface area contributed by atoms with E-state index in [-0.39, 0.29) is 16.3 Å². The Hall–Kier alpha value is -3.19. The van der Waals surface area contributed by atoms with Crippen molar-refractivity contribution in [2.75, 3.05) is 14.2 Å². The van der Waals surface area contributed by atoms with E-state index in [1.807, 2.05) is 18.2 Å². The molecule has 2 aromatic carbocycles. The lowest BCUT2D eigenvalue weighted by Gasteiger charge is -2.12. The normalized spacial score (nSPS) is 10.5. The Labute approximate surface area is 160 Å². The molecular weight excluding hydrogens is 372 g/mol. The Morgan fingerprint density at radius 3 is 2.41 bits per heavy atom. The van der Waals surface area contributed by atoms with E-state index in [0.717, 1.165) is 5.39 Å². The van der Waals surface area contributed by atoms with E-state index in [0.29, 0.717) is 22.6 Å². The molecule has 0 aliphatic rings. The molecule has 0 atom stereocenters. The van der Waals surface area contributed by atoms with Crippen LogP contribution in [0.5, 0.6) is 11.5 Å². The minimum absolute atomic E-state index is 0.127. The molecule has 2 N–H and O–H groups in total. The number of aryl methyl sites for hydroxylation is 1. The Morgan fingerprint density at radius 2 is 1.74 bits per heavy atom. The zero-order valence-corrected chi connectivity index (χ0v) is 15.6. The van der Waals surface area contributed by atoms with Crippen LogP contribution in [-0.2, 0) is 0 Å². The third-order valence-electron chi connectivity index (χ3n) is 4.04. The molecule has 0 radical (unpaired) electrons. The minimum Gasteiger partial charge on any atom is -0.493 e. The van der Waals surface area contributed by atoms with Crippen LogP contribution in [0, 0.1) is 6.92 Å². The number of para-hydroxylation sites is 1. The largest absolute Gasteiger partial charge is 0.493 e. The molecule has 27 heavy (non-hydrogen) atoms. The molecule has 1 heterocycles. The Balaban J connectivity index is 1.76. The van der Waals surface area contributed by atoms with Crippen LogP contribution in [0.4, 0.5) is 0 Å². The molecule has 0 aliphatic carbocycles. The number of halogens is 1. The molecule has 3 rings (SSSR count). The number of furan rings is 1. The maximum Gasteiger partial charge on any atom is 0.305 e. The first kappa shape index (κ1) is 18.6. The third-order valence-corrected chi connectivity index (χ3v) is 4.32. The number of benzene rings is 2. The number of hydrogen-bond acceptors (Lipinski definition) is 5. The summed E-state index contributed by atoms with van der Waals surface area (Å²) in [5, 5.41) is 1.04. The van der Waals surface area contributed by atoms with Crippen LogP contribution in [0.1, 0.15) is 26.5 Å². The summed E-state index contributed by atoms with van der Waals surface area (Å²) in [5.41, 5.74) is 6.14. The average Bonchev–Trinajstić information content (AvgIpc) is 3.02. The number of hydrazine groups is 1. The van der Waals surface area contributed by atoms with Gasteiger partial charge in [0.25, 0.3) is 5.91 Å². The van der Waals surface area contributed by atoms with Gasteiger partial charge in [-0.05, 0) is 25.1 Å². The summed E-state index contributed by atoms with van der Waals surface area (Å²) in [4.78, 5) is 24.7. The summed E-state index contributed by atoms with van der Waals surface area (Å²) in [6.45, 7) is 1.77. The molecule has 1 aromatic heterocycles. The molecule has 0 unspecified atom stereocenters. The van der Waals surface area contributed by atoms with E-state index in [9.17, 15) is 9.59 Å². The molecular formula is C19H17ClN2O5. The first-order valence-corrected chi connectivity index (χ1v) is 8.34. The SMILES string of the molecule is COc1cc(C(=O)NNC(=O)c2oc3ccccc3c2C)cc(Cl)c1OC. The van der Waals surface area contributed by atoms with E-state index in [2.05, 4.69) is 10.9 Å². The van der Waals surface area contributed by atoms with Gasteiger partial charge in [-0.25, -0.2) is 0 Å². The summed E-state index contributed by atoms with van der Waals surface area (Å²) < 4.78 is 15.9. The summed E-state index contributed by atoms with van der Waals surface area (Å²) in [6.07, 6.45) is 0. The molecule has 0 saturated carbocycles. The second-order valence-electron chi connectivity index (χ2n) is 5.65. The number of fused-ring (bicyclic) bond motifs is 1. The number of ether oxygens (including phenoxy) is 2. The number of nitrogens with one attached hydrogen (secondary N) is 2. The highest BCUT2D eigenvalue weighted by Gasteiger charge is 2.19. The van der Waals surface area contributed by atoms with Crippen molar-refractivity contribution >= 4 is 34.4 Å². The van der Waals surface area contributed by atoms with Crippen molar-refractivity contribution in [2.24, 2.45) is 0 Å². The molecule has 3 aromatic rings. The van der Waals surface area contributed by atoms with Crippen molar-refractivity contribution in [3.8, 4) is 11.5 Å². The lowest BCUT2D eigenvalue weighted by atomic mass is 10.1. The van der Waals surface area contributed by atoms with Gasteiger partial charge in [-0.2, -0.15) is 0 Å². The summed E-state index contributed by atoms with van der Waals surface area (Å²) in [7, 11) is 2.88. The number of hydrogen-bond donors (Lipinski definition) is 2. The summed E-state index contributed by atoms with van der Waals surface area (Å²) >= 11 is 6.09. The Morgan fingerprint density at radius 1 is 1.04 bits per heavy atom. The highest BCUT2D eigenvalue weighted by atomic mass is 35.5. The second kappa shape index (κ2) is 7.59. The van der Waals surface area contributed by atoms with E-state index in [4.69, 9.17) is 25.5 Å². The predicted octanol–water partition coefficient (Wildman–Crippen LogP) is 3.49. The van der Waals surface area contributed by atoms with Gasteiger partial charge in [0.2, 0.25) is 0 Å². The van der Waals surface area contributed by atoms with E-state index >= 15 is 0 Å². The van der Waals surface area contributed by atoms with Gasteiger partial charge in [0.15, 0.2) is 17.3 Å². The Kier molecular flexibility index (Phi) is 5.23. The van der Waals surface area contributed by atoms with Crippen LogP contribution in [0.3, 0.4) is 0 Å². The van der Waals surface area contributed by atoms with Crippen LogP contribution in [0.15, 0.2) is 40.8 Å². The number of methoxy groups -OCH3 is 2. The summed E-state index contributed by atoms with van der Waals surface area (Å²) in [5.74, 6) is -0.391. The highest BCUT2D eigenvalue weighted by Crippen LogP contribution is 2.35. The minimum atomic E-state index is -0.569. The van der Waals surface area contributed by atoms with Crippen LogP contribution in [0.25, 0.3) is 11.0 Å². The topological polar surface area (TPSA) is 89.8 Å². The number of amides is 2. The van der Waals surface area contributed by atoms with Gasteiger partial charge in [-0.15, -0.1) is 0 Å². The van der Waals surface area contributed by atoms with Crippen LogP contribution in [0.2, 0.25) is 5.02 Å². The monoisotopic (exact) mass is 388 g/mol. The number of carbonyl (C=O) groups excluding carboxylic acids is 2. The van der Waals surface area contributed by atoms with Gasteiger partial charge >= 0.3 is 5.91 Å². The van der Waals surface area contributed by atoms with Gasteiger partial charge in [0.1, 0.15) is 5.58 Å². The third kappa shape index (κ3) is 3.54. The lowest BCUT2D eigenvalue weighted by molar-refractivity contribution is 0.0831. The van der Waals surface area contributed by atoms with Crippen molar-refractivity contribution < 1.29 is 23.5 Å². The first-order chi connectivity index (χ1) is 13.0. The first-order valence-electron chi connectivity index (χ1n) is 7.96. The quantitative estimate of drug-likeness (QED) is 0.668. The van der Waals surface area contributed by atoms with E-state index in [1.165, 1.54) is 26.4 Å². The second-order valence-corrected chi connectivity index (χ2v) is 6.06. The molecule has 0 bridgehead atoms. The van der Waals surface area contributed by atoms with Crippen molar-refractivity contribution in [3.63, 3.8) is 0 Å². The van der Waals surface area contributed by atoms with Gasteiger partial charge in [0, 0.05) is 16.5 Å². The summed E-state index contributed by atoms with van der Waals surface area (Å²) in [6, 6.07) is 10.2. The Bertz CT molecular complexity index is 1030. The number of carbonyl (C=O) groups is 2. The molecule has 0 spiro atoms. The fraction of sp³-hybridized carbons (Fsp3) is 0.158. The smallest absolute Gasteiger partial charge is 0.305 e. The molecule has 0 aliphatic heterocycles. The van der Waals surface area contributed by atoms with Gasteiger partial charge in [-0.3, -0.25) is 20.4 Å². The molecule has 140 valence electrons. The molecule has 2 amide bonds. The van der Waals surface area contributed by atoms with Gasteiger partial charge < -0.3 is 13.9 Å². The standard InChI is InChI=1S/C19H17ClN2O5/c1-10-12-6-4-5-7-14(12)27-16(10)19(24)22-21-18(23)11-8-13(20)17(26-3)15(9-11)25-2/h4-9H,1-3H3,(H,21,23)(H,22,24). The van der Waals surface area contributed by atoms with Gasteiger partial charge in [-0.1, -0.05) is 29.8 Å². The fourth-order valence-corrected chi connectivity index (χ4v) is 2.97. The predicted molar refractivity (Wildman–Crippen MR) is 100 cm³/mol. The number of rotatable bonds is 4. The van der Waals surface area contributed by atoms with Crippen molar-refractivity contribution in [3.05, 3.63) is 58.3 Å². The van der Waals surface area contributed by atoms with Crippen molar-refractivity contribution in [2.45, 2.75) is 6.92 Å². The molecule has 7 nitrogen and oxygen atoms in total. The lowest BCUT2D eigenvalue weighted by Crippen LogP contribution is -2.41. The zero-order chi connectivity index (χ0) is 19.6. The molecule has 0 fully saturated rings. The average molecular weight is 389 g/mol. The van der Waals surface area contributed by atoms with Gasteiger partial charge in [0.05, 0.1) is 19.2 Å². The fourth-order valence-electron chi connectivity index (χ4n) is 2.68. The van der Waals surface area contributed by atoms with Crippen LogP contribution >= 0.6 is 11.6 Å². The van der Waals surface area contributed by atoms with Crippen LogP contribution < -0.4 is 20.3 Å². The molecule has 0 saturated heterocycles. The zero-order valence-electron chi connectivity index (χ0n) is 14.9. The van der Waals surface area contributed by atoms with Crippen LogP contribution in [-0.4, -0.2) is 26.0 Å². The van der Waals surface area contributed by atoms with E-state index in [1.54, 1.807) is 13.0 Å². The highest BCUT2D eigenvalue weighted by molar-refractivity contribution is 6.32. The maximum atomic E-state index is 12.4. The molecule has 8 heteroatoms. The van der Waals surface area contributed by atoms with Crippen molar-refractivity contribution in [1.29, 1.82) is 0 Å². The van der Waals surface area contributed by atoms with Crippen molar-refractivity contribution in [1.82, 2.24) is 10.9 Å².